The lowest BCUT2D eigenvalue weighted by atomic mass is 10.0. The average Bonchev–Trinajstić information content (AvgIpc) is 2.35. The van der Waals surface area contributed by atoms with E-state index < -0.39 is 5.37 Å². The van der Waals surface area contributed by atoms with Gasteiger partial charge in [0.05, 0.1) is 0 Å². The van der Waals surface area contributed by atoms with E-state index in [2.05, 4.69) is 43.3 Å². The van der Waals surface area contributed by atoms with Crippen molar-refractivity contribution < 1.29 is 4.79 Å². The molecule has 0 saturated carbocycles. The molecule has 2 aromatic carbocycles. The number of nitrogens with zero attached hydrogens (tertiary/aromatic N) is 1. The van der Waals surface area contributed by atoms with Crippen molar-refractivity contribution in [3.63, 3.8) is 0 Å². The number of hydrogen-bond donors (Lipinski definition) is 0. The van der Waals surface area contributed by atoms with Gasteiger partial charge >= 0.3 is 5.37 Å². The highest BCUT2D eigenvalue weighted by Gasteiger charge is 2.04. The molecule has 0 saturated heterocycles. The van der Waals surface area contributed by atoms with E-state index in [0.717, 1.165) is 6.42 Å². The van der Waals surface area contributed by atoms with Crippen LogP contribution in [0, 0.1) is 6.92 Å². The van der Waals surface area contributed by atoms with Gasteiger partial charge in [0.2, 0.25) is 0 Å². The molecule has 0 bridgehead atoms. The first-order chi connectivity index (χ1) is 8.56. The minimum Gasteiger partial charge on any atom is -0.332 e. The molecule has 94 valence electrons. The summed E-state index contributed by atoms with van der Waals surface area (Å²) < 4.78 is 0. The highest BCUT2D eigenvalue weighted by molar-refractivity contribution is 6.62. The summed E-state index contributed by atoms with van der Waals surface area (Å²) >= 11 is 5.39. The number of benzene rings is 2. The second-order valence-electron chi connectivity index (χ2n) is 4.61. The Bertz CT molecular complexity index is 580. The van der Waals surface area contributed by atoms with Crippen LogP contribution in [-0.4, -0.2) is 23.9 Å². The molecule has 0 aliphatic carbocycles. The van der Waals surface area contributed by atoms with Crippen LogP contribution in [-0.2, 0) is 6.42 Å². The fourth-order valence-corrected chi connectivity index (χ4v) is 2.04. The Morgan fingerprint density at radius 1 is 1.17 bits per heavy atom. The molecule has 0 N–H and O–H groups in total. The van der Waals surface area contributed by atoms with Crippen LogP contribution in [0.25, 0.3) is 10.8 Å². The second-order valence-corrected chi connectivity index (χ2v) is 4.93. The van der Waals surface area contributed by atoms with Crippen molar-refractivity contribution in [2.24, 2.45) is 0 Å². The normalized spacial score (nSPS) is 10.6. The van der Waals surface area contributed by atoms with Crippen LogP contribution in [0.15, 0.2) is 36.4 Å². The summed E-state index contributed by atoms with van der Waals surface area (Å²) in [5, 5.41) is 2.07. The molecule has 2 nitrogen and oxygen atoms in total. The minimum atomic E-state index is -0.411. The predicted octanol–water partition coefficient (Wildman–Crippen LogP) is 3.98. The number of rotatable bonds is 3. The van der Waals surface area contributed by atoms with Crippen molar-refractivity contribution >= 4 is 27.7 Å². The summed E-state index contributed by atoms with van der Waals surface area (Å²) in [7, 11) is 1.71. The topological polar surface area (TPSA) is 20.3 Å². The molecule has 0 atom stereocenters. The van der Waals surface area contributed by atoms with Gasteiger partial charge in [0.15, 0.2) is 0 Å². The van der Waals surface area contributed by atoms with E-state index in [-0.39, 0.29) is 0 Å². The average molecular weight is 262 g/mol. The van der Waals surface area contributed by atoms with Crippen molar-refractivity contribution in [3.8, 4) is 0 Å². The van der Waals surface area contributed by atoms with Gasteiger partial charge in [-0.05, 0) is 41.3 Å². The molecule has 0 spiro atoms. The van der Waals surface area contributed by atoms with Gasteiger partial charge in [0, 0.05) is 13.6 Å². The Morgan fingerprint density at radius 3 is 2.56 bits per heavy atom. The van der Waals surface area contributed by atoms with Crippen molar-refractivity contribution in [3.05, 3.63) is 47.5 Å². The van der Waals surface area contributed by atoms with E-state index in [0.29, 0.717) is 6.54 Å². The molecule has 0 aliphatic heterocycles. The van der Waals surface area contributed by atoms with Gasteiger partial charge in [-0.3, -0.25) is 4.79 Å². The fraction of sp³-hybridized carbons (Fsp3) is 0.267. The first-order valence-electron chi connectivity index (χ1n) is 5.96. The number of aryl methyl sites for hydroxylation is 1. The van der Waals surface area contributed by atoms with Crippen molar-refractivity contribution in [1.82, 2.24) is 4.90 Å². The lowest BCUT2D eigenvalue weighted by Crippen LogP contribution is -2.23. The van der Waals surface area contributed by atoms with Crippen LogP contribution in [0.5, 0.6) is 0 Å². The zero-order valence-corrected chi connectivity index (χ0v) is 11.4. The van der Waals surface area contributed by atoms with Gasteiger partial charge in [-0.1, -0.05) is 42.0 Å². The van der Waals surface area contributed by atoms with E-state index in [9.17, 15) is 4.79 Å². The number of amides is 1. The second kappa shape index (κ2) is 5.40. The third-order valence-electron chi connectivity index (χ3n) is 3.10. The van der Waals surface area contributed by atoms with Gasteiger partial charge in [0.1, 0.15) is 0 Å². The maximum absolute atomic E-state index is 10.9. The summed E-state index contributed by atoms with van der Waals surface area (Å²) in [5.41, 5.74) is 2.49. The van der Waals surface area contributed by atoms with Crippen molar-refractivity contribution in [1.29, 1.82) is 0 Å². The summed E-state index contributed by atoms with van der Waals surface area (Å²) in [4.78, 5) is 12.4. The number of carbonyl (C=O) groups is 1. The first-order valence-corrected chi connectivity index (χ1v) is 6.34. The quantitative estimate of drug-likeness (QED) is 0.605. The standard InChI is InChI=1S/C15H16ClNO/c1-11-3-5-14-10-12(4-6-13(14)9-11)7-8-17(2)15(16)18/h3-6,9-10H,7-8H2,1-2H3. The lowest BCUT2D eigenvalue weighted by molar-refractivity contribution is 0.232. The molecule has 2 rings (SSSR count). The van der Waals surface area contributed by atoms with E-state index in [4.69, 9.17) is 11.6 Å². The third-order valence-corrected chi connectivity index (χ3v) is 3.38. The Kier molecular flexibility index (Phi) is 3.87. The van der Waals surface area contributed by atoms with Crippen LogP contribution < -0.4 is 0 Å². The number of halogens is 1. The Morgan fingerprint density at radius 2 is 1.83 bits per heavy atom. The number of likely N-dealkylation sites (N-methyl/N-ethyl adjacent to an activating group) is 1. The van der Waals surface area contributed by atoms with E-state index >= 15 is 0 Å². The summed E-state index contributed by atoms with van der Waals surface area (Å²) in [5.74, 6) is 0. The molecule has 0 aromatic heterocycles. The summed E-state index contributed by atoms with van der Waals surface area (Å²) in [6, 6.07) is 12.8. The molecular weight excluding hydrogens is 246 g/mol. The maximum Gasteiger partial charge on any atom is 0.316 e. The van der Waals surface area contributed by atoms with E-state index in [1.54, 1.807) is 7.05 Å². The number of hydrogen-bond acceptors (Lipinski definition) is 1. The highest BCUT2D eigenvalue weighted by atomic mass is 35.5. The highest BCUT2D eigenvalue weighted by Crippen LogP contribution is 2.18. The lowest BCUT2D eigenvalue weighted by Gasteiger charge is -2.13. The fourth-order valence-electron chi connectivity index (χ4n) is 1.95. The van der Waals surface area contributed by atoms with Crippen LogP contribution >= 0.6 is 11.6 Å². The van der Waals surface area contributed by atoms with E-state index in [1.807, 2.05) is 0 Å². The molecule has 2 aromatic rings. The Hall–Kier alpha value is -1.54. The summed E-state index contributed by atoms with van der Waals surface area (Å²) in [6.07, 6.45) is 0.818. The van der Waals surface area contributed by atoms with Gasteiger partial charge in [-0.15, -0.1) is 0 Å². The molecule has 1 amide bonds. The number of fused-ring (bicyclic) bond motifs is 1. The van der Waals surface area contributed by atoms with Gasteiger partial charge in [-0.2, -0.15) is 0 Å². The molecule has 0 aliphatic rings. The van der Waals surface area contributed by atoms with Gasteiger partial charge < -0.3 is 4.90 Å². The van der Waals surface area contributed by atoms with Crippen LogP contribution in [0.4, 0.5) is 4.79 Å². The molecule has 0 heterocycles. The van der Waals surface area contributed by atoms with Crippen LogP contribution in [0.3, 0.4) is 0 Å². The first kappa shape index (κ1) is 12.9. The zero-order valence-electron chi connectivity index (χ0n) is 10.6. The van der Waals surface area contributed by atoms with Gasteiger partial charge in [-0.25, -0.2) is 0 Å². The zero-order chi connectivity index (χ0) is 13.1. The molecule has 0 radical (unpaired) electrons. The largest absolute Gasteiger partial charge is 0.332 e. The smallest absolute Gasteiger partial charge is 0.316 e. The minimum absolute atomic E-state index is 0.411. The van der Waals surface area contributed by atoms with Gasteiger partial charge in [0.25, 0.3) is 0 Å². The Balaban J connectivity index is 2.15. The van der Waals surface area contributed by atoms with Crippen molar-refractivity contribution in [2.75, 3.05) is 13.6 Å². The predicted molar refractivity (Wildman–Crippen MR) is 76.3 cm³/mol. The number of carbonyl (C=O) groups excluding carboxylic acids is 1. The SMILES string of the molecule is Cc1ccc2cc(CCN(C)C(=O)Cl)ccc2c1. The molecule has 0 fully saturated rings. The monoisotopic (exact) mass is 261 g/mol. The van der Waals surface area contributed by atoms with Crippen LogP contribution in [0.1, 0.15) is 11.1 Å². The van der Waals surface area contributed by atoms with Crippen molar-refractivity contribution in [2.45, 2.75) is 13.3 Å². The molecular formula is C15H16ClNO. The maximum atomic E-state index is 10.9. The van der Waals surface area contributed by atoms with Crippen LogP contribution in [0.2, 0.25) is 0 Å². The molecule has 0 unspecified atom stereocenters. The Labute approximate surface area is 112 Å². The van der Waals surface area contributed by atoms with E-state index in [1.165, 1.54) is 26.8 Å². The molecule has 3 heteroatoms. The molecule has 18 heavy (non-hydrogen) atoms. The summed E-state index contributed by atoms with van der Waals surface area (Å²) in [6.45, 7) is 2.73. The third kappa shape index (κ3) is 3.02.